The van der Waals surface area contributed by atoms with Crippen molar-refractivity contribution in [3.8, 4) is 11.5 Å². The van der Waals surface area contributed by atoms with Gasteiger partial charge in [-0.15, -0.1) is 0 Å². The number of hydrogen-bond donors (Lipinski definition) is 2. The molecule has 0 aliphatic carbocycles. The Morgan fingerprint density at radius 1 is 0.667 bits per heavy atom. The first kappa shape index (κ1) is 14.9. The number of phenolic OH excluding ortho intramolecular Hbond substituents is 2. The summed E-state index contributed by atoms with van der Waals surface area (Å²) in [5, 5.41) is 20.8. The lowest BCUT2D eigenvalue weighted by Gasteiger charge is -2.19. The van der Waals surface area contributed by atoms with Gasteiger partial charge in [0.2, 0.25) is 0 Å². The molecule has 102 valence electrons. The minimum absolute atomic E-state index is 0.404. The molecule has 0 aliphatic heterocycles. The summed E-state index contributed by atoms with van der Waals surface area (Å²) in [5.41, 5.74) is 3.70. The third-order valence-corrected chi connectivity index (χ3v) is 3.53. The molecule has 0 bridgehead atoms. The van der Waals surface area contributed by atoms with Gasteiger partial charge >= 0.3 is 0 Å². The van der Waals surface area contributed by atoms with Crippen molar-refractivity contribution in [3.63, 3.8) is 0 Å². The van der Waals surface area contributed by atoms with E-state index in [-0.39, 0.29) is 0 Å². The first-order valence-electron chi connectivity index (χ1n) is 7.13. The van der Waals surface area contributed by atoms with E-state index in [0.717, 1.165) is 60.8 Å². The topological polar surface area (TPSA) is 40.5 Å². The van der Waals surface area contributed by atoms with Crippen molar-refractivity contribution in [3.05, 3.63) is 22.3 Å². The minimum atomic E-state index is 0.404. The van der Waals surface area contributed by atoms with Gasteiger partial charge in [-0.2, -0.15) is 0 Å². The Morgan fingerprint density at radius 3 is 1.50 bits per heavy atom. The summed E-state index contributed by atoms with van der Waals surface area (Å²) < 4.78 is 0. The van der Waals surface area contributed by atoms with Gasteiger partial charge in [0.25, 0.3) is 0 Å². The van der Waals surface area contributed by atoms with Crippen LogP contribution in [0.5, 0.6) is 11.5 Å². The molecule has 0 amide bonds. The summed E-state index contributed by atoms with van der Waals surface area (Å²) in [6.45, 7) is 8.21. The molecule has 1 rings (SSSR count). The van der Waals surface area contributed by atoms with Crippen molar-refractivity contribution in [2.75, 3.05) is 0 Å². The van der Waals surface area contributed by atoms with Crippen LogP contribution in [0.25, 0.3) is 0 Å². The van der Waals surface area contributed by atoms with Crippen LogP contribution in [-0.2, 0) is 19.3 Å². The van der Waals surface area contributed by atoms with Gasteiger partial charge in [-0.1, -0.05) is 40.0 Å². The number of phenols is 2. The Labute approximate surface area is 111 Å². The van der Waals surface area contributed by atoms with Gasteiger partial charge in [-0.05, 0) is 31.7 Å². The molecular weight excluding hydrogens is 224 g/mol. The molecule has 0 radical (unpaired) electrons. The molecule has 0 atom stereocenters. The van der Waals surface area contributed by atoms with E-state index in [0.29, 0.717) is 11.5 Å². The zero-order chi connectivity index (χ0) is 13.7. The summed E-state index contributed by atoms with van der Waals surface area (Å²) in [7, 11) is 0. The lowest BCUT2D eigenvalue weighted by atomic mass is 9.89. The monoisotopic (exact) mass is 250 g/mol. The van der Waals surface area contributed by atoms with Crippen LogP contribution < -0.4 is 0 Å². The summed E-state index contributed by atoms with van der Waals surface area (Å²) in [4.78, 5) is 0. The zero-order valence-electron chi connectivity index (χ0n) is 12.1. The fourth-order valence-electron chi connectivity index (χ4n) is 2.61. The van der Waals surface area contributed by atoms with Gasteiger partial charge in [0, 0.05) is 16.7 Å². The van der Waals surface area contributed by atoms with E-state index in [2.05, 4.69) is 20.8 Å². The van der Waals surface area contributed by atoms with Gasteiger partial charge in [0.1, 0.15) is 11.5 Å². The van der Waals surface area contributed by atoms with Crippen LogP contribution in [0.2, 0.25) is 0 Å². The third-order valence-electron chi connectivity index (χ3n) is 3.53. The second-order valence-electron chi connectivity index (χ2n) is 5.01. The summed E-state index contributed by atoms with van der Waals surface area (Å²) in [6, 6.07) is 0. The molecule has 0 aliphatic rings. The van der Waals surface area contributed by atoms with Crippen molar-refractivity contribution in [2.24, 2.45) is 0 Å². The van der Waals surface area contributed by atoms with E-state index in [1.807, 2.05) is 6.92 Å². The molecule has 18 heavy (non-hydrogen) atoms. The number of benzene rings is 1. The van der Waals surface area contributed by atoms with E-state index in [1.54, 1.807) is 0 Å². The molecule has 2 nitrogen and oxygen atoms in total. The SMILES string of the molecule is CCCc1c(C)c(O)c(CCC)c(CCC)c1O. The van der Waals surface area contributed by atoms with Gasteiger partial charge in [0.05, 0.1) is 0 Å². The van der Waals surface area contributed by atoms with E-state index in [4.69, 9.17) is 0 Å². The Balaban J connectivity index is 3.43. The fraction of sp³-hybridized carbons (Fsp3) is 0.625. The molecule has 0 unspecified atom stereocenters. The number of aromatic hydroxyl groups is 2. The highest BCUT2D eigenvalue weighted by Gasteiger charge is 2.19. The molecule has 0 spiro atoms. The average Bonchev–Trinajstić information content (AvgIpc) is 2.36. The van der Waals surface area contributed by atoms with Gasteiger partial charge in [-0.25, -0.2) is 0 Å². The second-order valence-corrected chi connectivity index (χ2v) is 5.01. The van der Waals surface area contributed by atoms with Crippen molar-refractivity contribution < 1.29 is 10.2 Å². The van der Waals surface area contributed by atoms with Crippen LogP contribution in [0, 0.1) is 6.92 Å². The van der Waals surface area contributed by atoms with Crippen LogP contribution in [-0.4, -0.2) is 10.2 Å². The predicted octanol–water partition coefficient (Wildman–Crippen LogP) is 4.26. The van der Waals surface area contributed by atoms with Crippen molar-refractivity contribution in [1.82, 2.24) is 0 Å². The quantitative estimate of drug-likeness (QED) is 0.740. The zero-order valence-corrected chi connectivity index (χ0v) is 12.1. The molecular formula is C16H26O2. The summed E-state index contributed by atoms with van der Waals surface area (Å²) >= 11 is 0. The first-order chi connectivity index (χ1) is 8.58. The van der Waals surface area contributed by atoms with Gasteiger partial charge in [0.15, 0.2) is 0 Å². The highest BCUT2D eigenvalue weighted by atomic mass is 16.3. The number of rotatable bonds is 6. The summed E-state index contributed by atoms with van der Waals surface area (Å²) in [6.07, 6.45) is 5.45. The van der Waals surface area contributed by atoms with E-state index >= 15 is 0 Å². The summed E-state index contributed by atoms with van der Waals surface area (Å²) in [5.74, 6) is 0.832. The maximum absolute atomic E-state index is 10.5. The van der Waals surface area contributed by atoms with Crippen LogP contribution >= 0.6 is 0 Å². The molecule has 1 aromatic rings. The smallest absolute Gasteiger partial charge is 0.122 e. The van der Waals surface area contributed by atoms with E-state index in [9.17, 15) is 10.2 Å². The maximum atomic E-state index is 10.5. The predicted molar refractivity (Wildman–Crippen MR) is 76.5 cm³/mol. The van der Waals surface area contributed by atoms with Crippen LogP contribution in [0.3, 0.4) is 0 Å². The third kappa shape index (κ3) is 2.80. The Hall–Kier alpha value is -1.18. The van der Waals surface area contributed by atoms with E-state index < -0.39 is 0 Å². The number of hydrogen-bond acceptors (Lipinski definition) is 2. The molecule has 1 aromatic carbocycles. The van der Waals surface area contributed by atoms with Crippen LogP contribution in [0.15, 0.2) is 0 Å². The van der Waals surface area contributed by atoms with Crippen molar-refractivity contribution in [1.29, 1.82) is 0 Å². The van der Waals surface area contributed by atoms with Gasteiger partial charge in [-0.3, -0.25) is 0 Å². The van der Waals surface area contributed by atoms with Crippen molar-refractivity contribution in [2.45, 2.75) is 66.2 Å². The van der Waals surface area contributed by atoms with Crippen molar-refractivity contribution >= 4 is 0 Å². The first-order valence-corrected chi connectivity index (χ1v) is 7.13. The normalized spacial score (nSPS) is 10.9. The molecule has 0 saturated carbocycles. The largest absolute Gasteiger partial charge is 0.507 e. The average molecular weight is 250 g/mol. The molecule has 0 fully saturated rings. The van der Waals surface area contributed by atoms with Crippen LogP contribution in [0.4, 0.5) is 0 Å². The standard InChI is InChI=1S/C16H26O2/c1-5-8-12-11(4)15(17)13(9-6-2)14(10-7-3)16(12)18/h17-18H,5-10H2,1-4H3. The Kier molecular flexibility index (Phi) is 5.52. The molecule has 0 heterocycles. The minimum Gasteiger partial charge on any atom is -0.507 e. The Morgan fingerprint density at radius 2 is 1.06 bits per heavy atom. The molecule has 2 N–H and O–H groups in total. The highest BCUT2D eigenvalue weighted by molar-refractivity contribution is 5.58. The molecule has 0 saturated heterocycles. The lowest BCUT2D eigenvalue weighted by molar-refractivity contribution is 0.437. The lowest BCUT2D eigenvalue weighted by Crippen LogP contribution is -2.02. The highest BCUT2D eigenvalue weighted by Crippen LogP contribution is 2.39. The maximum Gasteiger partial charge on any atom is 0.122 e. The fourth-order valence-corrected chi connectivity index (χ4v) is 2.61. The van der Waals surface area contributed by atoms with Crippen LogP contribution in [0.1, 0.15) is 62.3 Å². The van der Waals surface area contributed by atoms with E-state index in [1.165, 1.54) is 0 Å². The van der Waals surface area contributed by atoms with Gasteiger partial charge < -0.3 is 10.2 Å². The molecule has 0 aromatic heterocycles. The second kappa shape index (κ2) is 6.67. The Bertz CT molecular complexity index is 408. The molecule has 2 heteroatoms.